The molecule has 3 aromatic rings. The summed E-state index contributed by atoms with van der Waals surface area (Å²) in [4.78, 5) is 0. The summed E-state index contributed by atoms with van der Waals surface area (Å²) < 4.78 is 115. The lowest BCUT2D eigenvalue weighted by Crippen LogP contribution is -2.06. The van der Waals surface area contributed by atoms with Crippen LogP contribution < -0.4 is 10.5 Å². The van der Waals surface area contributed by atoms with Crippen LogP contribution in [0.4, 0.5) is 40.8 Å². The predicted molar refractivity (Wildman–Crippen MR) is 82.5 cm³/mol. The first kappa shape index (κ1) is 19.5. The van der Waals surface area contributed by atoms with E-state index in [4.69, 9.17) is 10.5 Å². The first-order valence-corrected chi connectivity index (χ1v) is 7.36. The molecule has 3 aromatic carbocycles. The highest BCUT2D eigenvalue weighted by molar-refractivity contribution is 5.67. The second-order valence-electron chi connectivity index (χ2n) is 5.48. The summed E-state index contributed by atoms with van der Waals surface area (Å²) in [6.45, 7) is 0. The van der Waals surface area contributed by atoms with Gasteiger partial charge in [-0.1, -0.05) is 0 Å². The maximum absolute atomic E-state index is 14.3. The van der Waals surface area contributed by atoms with E-state index in [2.05, 4.69) is 0 Å². The molecule has 0 atom stereocenters. The summed E-state index contributed by atoms with van der Waals surface area (Å²) in [6.07, 6.45) is 0. The zero-order valence-electron chi connectivity index (χ0n) is 13.4. The molecule has 3 rings (SSSR count). The van der Waals surface area contributed by atoms with E-state index in [1.54, 1.807) is 0 Å². The van der Waals surface area contributed by atoms with E-state index in [-0.39, 0.29) is 17.5 Å². The van der Waals surface area contributed by atoms with Gasteiger partial charge in [-0.2, -0.15) is 8.78 Å². The van der Waals surface area contributed by atoms with E-state index in [0.29, 0.717) is 0 Å². The standard InChI is InChI=1S/C18H7F8NO/c19-9-5-8(11(20)15(24)12(9)21)10-13(22)16(25)18(17(26)14(10)23)28-7-3-1-6(27)2-4-7/h1-5H,27H2. The quantitative estimate of drug-likeness (QED) is 0.257. The van der Waals surface area contributed by atoms with Crippen LogP contribution in [0.15, 0.2) is 30.3 Å². The Balaban J connectivity index is 2.20. The number of anilines is 1. The molecule has 0 heterocycles. The first-order chi connectivity index (χ1) is 13.1. The summed E-state index contributed by atoms with van der Waals surface area (Å²) in [5.41, 5.74) is 2.35. The molecule has 0 aromatic heterocycles. The normalized spacial score (nSPS) is 11.0. The monoisotopic (exact) mass is 405 g/mol. The molecule has 0 aliphatic carbocycles. The Morgan fingerprint density at radius 3 is 1.68 bits per heavy atom. The number of benzene rings is 3. The lowest BCUT2D eigenvalue weighted by molar-refractivity contribution is 0.367. The van der Waals surface area contributed by atoms with Crippen molar-refractivity contribution in [3.63, 3.8) is 0 Å². The van der Waals surface area contributed by atoms with Crippen LogP contribution in [0.5, 0.6) is 11.5 Å². The van der Waals surface area contributed by atoms with Gasteiger partial charge >= 0.3 is 0 Å². The van der Waals surface area contributed by atoms with E-state index in [9.17, 15) is 35.1 Å². The molecule has 28 heavy (non-hydrogen) atoms. The Morgan fingerprint density at radius 2 is 1.14 bits per heavy atom. The second kappa shape index (κ2) is 7.02. The third-order valence-corrected chi connectivity index (χ3v) is 3.70. The fraction of sp³-hybridized carbons (Fsp3) is 0. The minimum absolute atomic E-state index is 0.130. The van der Waals surface area contributed by atoms with Crippen LogP contribution in [-0.2, 0) is 0 Å². The van der Waals surface area contributed by atoms with Crippen molar-refractivity contribution in [1.29, 1.82) is 0 Å². The molecular weight excluding hydrogens is 398 g/mol. The zero-order chi connectivity index (χ0) is 20.7. The van der Waals surface area contributed by atoms with Crippen LogP contribution in [0.25, 0.3) is 11.1 Å². The lowest BCUT2D eigenvalue weighted by Gasteiger charge is -2.14. The van der Waals surface area contributed by atoms with Crippen molar-refractivity contribution in [1.82, 2.24) is 0 Å². The van der Waals surface area contributed by atoms with E-state index in [1.807, 2.05) is 0 Å². The Labute approximate surface area is 151 Å². The summed E-state index contributed by atoms with van der Waals surface area (Å²) in [6, 6.07) is 4.69. The number of nitrogens with two attached hydrogens (primary N) is 1. The van der Waals surface area contributed by atoms with Gasteiger partial charge < -0.3 is 10.5 Å². The predicted octanol–water partition coefficient (Wildman–Crippen LogP) is 5.84. The Bertz CT molecular complexity index is 1050. The van der Waals surface area contributed by atoms with Gasteiger partial charge in [0.05, 0.1) is 5.56 Å². The second-order valence-corrected chi connectivity index (χ2v) is 5.48. The van der Waals surface area contributed by atoms with E-state index in [1.165, 1.54) is 12.1 Å². The number of nitrogen functional groups attached to an aromatic ring is 1. The highest BCUT2D eigenvalue weighted by Gasteiger charge is 2.31. The third-order valence-electron chi connectivity index (χ3n) is 3.70. The zero-order valence-corrected chi connectivity index (χ0v) is 13.4. The molecular formula is C18H7F8NO. The van der Waals surface area contributed by atoms with Crippen molar-refractivity contribution in [3.8, 4) is 22.6 Å². The molecule has 0 radical (unpaired) electrons. The minimum atomic E-state index is -2.41. The summed E-state index contributed by atoms with van der Waals surface area (Å²) in [5.74, 6) is -19.3. The molecule has 0 saturated heterocycles. The average molecular weight is 405 g/mol. The maximum atomic E-state index is 14.3. The number of halogens is 8. The van der Waals surface area contributed by atoms with Gasteiger partial charge in [-0.25, -0.2) is 26.3 Å². The first-order valence-electron chi connectivity index (χ1n) is 7.36. The molecule has 2 nitrogen and oxygen atoms in total. The van der Waals surface area contributed by atoms with Gasteiger partial charge in [0.15, 0.2) is 34.9 Å². The van der Waals surface area contributed by atoms with Crippen LogP contribution in [-0.4, -0.2) is 0 Å². The van der Waals surface area contributed by atoms with Crippen LogP contribution in [0.1, 0.15) is 0 Å². The van der Waals surface area contributed by atoms with E-state index >= 15 is 0 Å². The maximum Gasteiger partial charge on any atom is 0.205 e. The molecule has 0 aliphatic heterocycles. The Morgan fingerprint density at radius 1 is 0.607 bits per heavy atom. The molecule has 2 N–H and O–H groups in total. The molecule has 0 unspecified atom stereocenters. The molecule has 10 heteroatoms. The van der Waals surface area contributed by atoms with Crippen molar-refractivity contribution in [2.75, 3.05) is 5.73 Å². The van der Waals surface area contributed by atoms with E-state index in [0.717, 1.165) is 12.1 Å². The summed E-state index contributed by atoms with van der Waals surface area (Å²) in [5, 5.41) is 0. The van der Waals surface area contributed by atoms with Gasteiger partial charge in [0.25, 0.3) is 0 Å². The van der Waals surface area contributed by atoms with Gasteiger partial charge in [-0.05, 0) is 30.3 Å². The van der Waals surface area contributed by atoms with Gasteiger partial charge in [0.2, 0.25) is 17.4 Å². The SMILES string of the molecule is Nc1ccc(Oc2c(F)c(F)c(-c3cc(F)c(F)c(F)c3F)c(F)c2F)cc1. The highest BCUT2D eigenvalue weighted by Crippen LogP contribution is 2.39. The van der Waals surface area contributed by atoms with Crippen molar-refractivity contribution in [2.24, 2.45) is 0 Å². The Kier molecular flexibility index (Phi) is 4.88. The molecule has 0 amide bonds. The number of hydrogen-bond donors (Lipinski definition) is 1. The van der Waals surface area contributed by atoms with Crippen molar-refractivity contribution >= 4 is 5.69 Å². The van der Waals surface area contributed by atoms with Crippen LogP contribution in [0.2, 0.25) is 0 Å². The highest BCUT2D eigenvalue weighted by atomic mass is 19.2. The van der Waals surface area contributed by atoms with Crippen molar-refractivity contribution in [2.45, 2.75) is 0 Å². The largest absolute Gasteiger partial charge is 0.451 e. The fourth-order valence-corrected chi connectivity index (χ4v) is 2.35. The Hall–Kier alpha value is -3.30. The average Bonchev–Trinajstić information content (AvgIpc) is 2.67. The van der Waals surface area contributed by atoms with Gasteiger partial charge in [-0.15, -0.1) is 0 Å². The number of ether oxygens (including phenoxy) is 1. The van der Waals surface area contributed by atoms with Gasteiger partial charge in [0.1, 0.15) is 5.75 Å². The number of rotatable bonds is 3. The molecule has 0 fully saturated rings. The molecule has 0 aliphatic rings. The minimum Gasteiger partial charge on any atom is -0.451 e. The fourth-order valence-electron chi connectivity index (χ4n) is 2.35. The molecule has 0 spiro atoms. The molecule has 146 valence electrons. The number of hydrogen-bond acceptors (Lipinski definition) is 2. The van der Waals surface area contributed by atoms with Crippen molar-refractivity contribution in [3.05, 3.63) is 76.9 Å². The van der Waals surface area contributed by atoms with Gasteiger partial charge in [-0.3, -0.25) is 0 Å². The smallest absolute Gasteiger partial charge is 0.205 e. The summed E-state index contributed by atoms with van der Waals surface area (Å²) in [7, 11) is 0. The van der Waals surface area contributed by atoms with Crippen LogP contribution in [0, 0.1) is 46.5 Å². The van der Waals surface area contributed by atoms with Gasteiger partial charge in [0, 0.05) is 11.3 Å². The van der Waals surface area contributed by atoms with E-state index < -0.39 is 63.4 Å². The topological polar surface area (TPSA) is 35.2 Å². The third kappa shape index (κ3) is 3.10. The molecule has 0 bridgehead atoms. The van der Waals surface area contributed by atoms with Crippen molar-refractivity contribution < 1.29 is 39.9 Å². The van der Waals surface area contributed by atoms with Crippen LogP contribution >= 0.6 is 0 Å². The van der Waals surface area contributed by atoms with Crippen LogP contribution in [0.3, 0.4) is 0 Å². The molecule has 0 saturated carbocycles. The lowest BCUT2D eigenvalue weighted by atomic mass is 10.0. The summed E-state index contributed by atoms with van der Waals surface area (Å²) >= 11 is 0.